The van der Waals surface area contributed by atoms with E-state index in [1.54, 1.807) is 14.2 Å². The summed E-state index contributed by atoms with van der Waals surface area (Å²) in [4.78, 5) is 12.1. The first kappa shape index (κ1) is 14.2. The molecule has 1 amide bonds. The van der Waals surface area contributed by atoms with Gasteiger partial charge in [-0.25, -0.2) is 4.79 Å². The van der Waals surface area contributed by atoms with Crippen LogP contribution in [0.1, 0.15) is 16.7 Å². The highest BCUT2D eigenvalue weighted by molar-refractivity contribution is 5.65. The number of amides is 1. The number of hydrogen-bond acceptors (Lipinski definition) is 3. The second kappa shape index (κ2) is 5.62. The molecule has 0 aliphatic rings. The van der Waals surface area contributed by atoms with Gasteiger partial charge in [0.25, 0.3) is 0 Å². The van der Waals surface area contributed by atoms with Gasteiger partial charge in [0, 0.05) is 12.6 Å². The third kappa shape index (κ3) is 2.67. The molecule has 100 valence electrons. The summed E-state index contributed by atoms with van der Waals surface area (Å²) in [6.07, 6.45) is -0.978. The summed E-state index contributed by atoms with van der Waals surface area (Å²) in [5.74, 6) is 1.45. The Bertz CT molecular complexity index is 457. The molecule has 0 fully saturated rings. The molecular weight excluding hydrogens is 234 g/mol. The van der Waals surface area contributed by atoms with Gasteiger partial charge in [-0.05, 0) is 31.0 Å². The van der Waals surface area contributed by atoms with E-state index in [0.717, 1.165) is 22.4 Å². The minimum absolute atomic E-state index is 0.260. The predicted octanol–water partition coefficient (Wildman–Crippen LogP) is 2.43. The number of carboxylic acid groups (broad SMARTS) is 1. The van der Waals surface area contributed by atoms with Crippen LogP contribution in [-0.2, 0) is 6.54 Å². The lowest BCUT2D eigenvalue weighted by atomic mass is 10.0. The minimum Gasteiger partial charge on any atom is -0.496 e. The highest BCUT2D eigenvalue weighted by Gasteiger charge is 2.16. The summed E-state index contributed by atoms with van der Waals surface area (Å²) < 4.78 is 10.6. The van der Waals surface area contributed by atoms with Crippen LogP contribution in [0.4, 0.5) is 4.79 Å². The van der Waals surface area contributed by atoms with E-state index in [-0.39, 0.29) is 6.54 Å². The summed E-state index contributed by atoms with van der Waals surface area (Å²) in [6.45, 7) is 4.14. The molecule has 0 saturated heterocycles. The Hall–Kier alpha value is -1.91. The van der Waals surface area contributed by atoms with Crippen molar-refractivity contribution in [1.82, 2.24) is 4.90 Å². The third-order valence-corrected chi connectivity index (χ3v) is 3.03. The number of rotatable bonds is 4. The van der Waals surface area contributed by atoms with Gasteiger partial charge in [-0.3, -0.25) is 0 Å². The standard InChI is InChI=1S/C13H19NO4/c1-8-9(2)12(18-5)10(6-11(8)17-4)7-14(3)13(15)16/h6H,7H2,1-5H3,(H,15,16). The molecule has 1 aromatic rings. The Morgan fingerprint density at radius 3 is 2.33 bits per heavy atom. The summed E-state index contributed by atoms with van der Waals surface area (Å²) in [5.41, 5.74) is 2.75. The largest absolute Gasteiger partial charge is 0.496 e. The monoisotopic (exact) mass is 253 g/mol. The van der Waals surface area contributed by atoms with Gasteiger partial charge in [0.2, 0.25) is 0 Å². The normalized spacial score (nSPS) is 10.1. The summed E-state index contributed by atoms with van der Waals surface area (Å²) >= 11 is 0. The van der Waals surface area contributed by atoms with Crippen LogP contribution in [-0.4, -0.2) is 37.4 Å². The van der Waals surface area contributed by atoms with Crippen LogP contribution in [0.15, 0.2) is 6.07 Å². The van der Waals surface area contributed by atoms with Crippen LogP contribution in [0.25, 0.3) is 0 Å². The number of carbonyl (C=O) groups is 1. The number of nitrogens with zero attached hydrogens (tertiary/aromatic N) is 1. The molecule has 0 radical (unpaired) electrons. The molecule has 1 aromatic carbocycles. The Morgan fingerprint density at radius 1 is 1.28 bits per heavy atom. The van der Waals surface area contributed by atoms with Crippen molar-refractivity contribution >= 4 is 6.09 Å². The summed E-state index contributed by atoms with van der Waals surface area (Å²) in [5, 5.41) is 8.91. The zero-order chi connectivity index (χ0) is 13.9. The van der Waals surface area contributed by atoms with E-state index in [9.17, 15) is 4.79 Å². The highest BCUT2D eigenvalue weighted by atomic mass is 16.5. The zero-order valence-corrected chi connectivity index (χ0v) is 11.4. The third-order valence-electron chi connectivity index (χ3n) is 3.03. The average molecular weight is 253 g/mol. The van der Waals surface area contributed by atoms with Gasteiger partial charge in [-0.2, -0.15) is 0 Å². The Balaban J connectivity index is 3.25. The van der Waals surface area contributed by atoms with Crippen LogP contribution < -0.4 is 9.47 Å². The lowest BCUT2D eigenvalue weighted by Crippen LogP contribution is -2.24. The van der Waals surface area contributed by atoms with Crippen molar-refractivity contribution in [2.24, 2.45) is 0 Å². The van der Waals surface area contributed by atoms with E-state index >= 15 is 0 Å². The molecule has 0 heterocycles. The second-order valence-electron chi connectivity index (χ2n) is 4.16. The molecule has 0 saturated carbocycles. The van der Waals surface area contributed by atoms with Crippen molar-refractivity contribution in [3.63, 3.8) is 0 Å². The van der Waals surface area contributed by atoms with Crippen molar-refractivity contribution in [1.29, 1.82) is 0 Å². The number of ether oxygens (including phenoxy) is 2. The molecule has 0 aliphatic heterocycles. The number of benzene rings is 1. The fourth-order valence-electron chi connectivity index (χ4n) is 1.86. The molecule has 0 spiro atoms. The predicted molar refractivity (Wildman–Crippen MR) is 68.5 cm³/mol. The lowest BCUT2D eigenvalue weighted by Gasteiger charge is -2.19. The maximum Gasteiger partial charge on any atom is 0.407 e. The average Bonchev–Trinajstić information content (AvgIpc) is 2.33. The molecule has 18 heavy (non-hydrogen) atoms. The Labute approximate surface area is 107 Å². The molecule has 1 N–H and O–H groups in total. The van der Waals surface area contributed by atoms with E-state index in [0.29, 0.717) is 5.75 Å². The first-order valence-electron chi connectivity index (χ1n) is 5.57. The van der Waals surface area contributed by atoms with Gasteiger partial charge in [0.1, 0.15) is 11.5 Å². The van der Waals surface area contributed by atoms with Crippen LogP contribution in [0, 0.1) is 13.8 Å². The van der Waals surface area contributed by atoms with E-state index in [2.05, 4.69) is 0 Å². The van der Waals surface area contributed by atoms with Crippen molar-refractivity contribution in [2.45, 2.75) is 20.4 Å². The van der Waals surface area contributed by atoms with E-state index in [1.807, 2.05) is 19.9 Å². The zero-order valence-electron chi connectivity index (χ0n) is 11.4. The molecular formula is C13H19NO4. The molecule has 0 bridgehead atoms. The number of methoxy groups -OCH3 is 2. The minimum atomic E-state index is -0.978. The first-order valence-corrected chi connectivity index (χ1v) is 5.57. The van der Waals surface area contributed by atoms with Crippen LogP contribution in [0.2, 0.25) is 0 Å². The lowest BCUT2D eigenvalue weighted by molar-refractivity contribution is 0.153. The molecule has 0 aliphatic carbocycles. The van der Waals surface area contributed by atoms with Gasteiger partial charge in [-0.15, -0.1) is 0 Å². The molecule has 1 rings (SSSR count). The Morgan fingerprint density at radius 2 is 1.89 bits per heavy atom. The van der Waals surface area contributed by atoms with E-state index < -0.39 is 6.09 Å². The Kier molecular flexibility index (Phi) is 4.42. The van der Waals surface area contributed by atoms with Crippen LogP contribution in [0.3, 0.4) is 0 Å². The highest BCUT2D eigenvalue weighted by Crippen LogP contribution is 2.33. The maximum atomic E-state index is 10.9. The van der Waals surface area contributed by atoms with Crippen molar-refractivity contribution in [2.75, 3.05) is 21.3 Å². The fraction of sp³-hybridized carbons (Fsp3) is 0.462. The molecule has 5 nitrogen and oxygen atoms in total. The van der Waals surface area contributed by atoms with Gasteiger partial charge >= 0.3 is 6.09 Å². The summed E-state index contributed by atoms with van der Waals surface area (Å²) in [6, 6.07) is 1.82. The van der Waals surface area contributed by atoms with Gasteiger partial charge in [0.15, 0.2) is 0 Å². The molecule has 0 unspecified atom stereocenters. The fourth-order valence-corrected chi connectivity index (χ4v) is 1.86. The summed E-state index contributed by atoms with van der Waals surface area (Å²) in [7, 11) is 4.70. The van der Waals surface area contributed by atoms with E-state index in [1.165, 1.54) is 11.9 Å². The quantitative estimate of drug-likeness (QED) is 0.895. The topological polar surface area (TPSA) is 59.0 Å². The second-order valence-corrected chi connectivity index (χ2v) is 4.16. The first-order chi connectivity index (χ1) is 8.42. The molecule has 0 atom stereocenters. The smallest absolute Gasteiger partial charge is 0.407 e. The van der Waals surface area contributed by atoms with Gasteiger partial charge in [-0.1, -0.05) is 0 Å². The van der Waals surface area contributed by atoms with Crippen molar-refractivity contribution in [3.8, 4) is 11.5 Å². The van der Waals surface area contributed by atoms with Crippen LogP contribution >= 0.6 is 0 Å². The van der Waals surface area contributed by atoms with E-state index in [4.69, 9.17) is 14.6 Å². The van der Waals surface area contributed by atoms with Crippen molar-refractivity contribution < 1.29 is 19.4 Å². The molecule has 5 heteroatoms. The number of hydrogen-bond donors (Lipinski definition) is 1. The SMILES string of the molecule is COc1cc(CN(C)C(=O)O)c(OC)c(C)c1C. The molecule has 0 aromatic heterocycles. The van der Waals surface area contributed by atoms with Gasteiger partial charge in [0.05, 0.1) is 20.8 Å². The van der Waals surface area contributed by atoms with Crippen molar-refractivity contribution in [3.05, 3.63) is 22.8 Å². The van der Waals surface area contributed by atoms with Gasteiger partial charge < -0.3 is 19.5 Å². The van der Waals surface area contributed by atoms with Crippen LogP contribution in [0.5, 0.6) is 11.5 Å². The maximum absolute atomic E-state index is 10.9.